The van der Waals surface area contributed by atoms with Crippen molar-refractivity contribution in [1.29, 1.82) is 0 Å². The van der Waals surface area contributed by atoms with E-state index in [0.29, 0.717) is 9.66 Å². The van der Waals surface area contributed by atoms with Crippen molar-refractivity contribution >= 4 is 23.8 Å². The Morgan fingerprint density at radius 1 is 1.38 bits per heavy atom. The zero-order valence-electron chi connectivity index (χ0n) is 8.64. The molecule has 2 aromatic rings. The normalized spacial score (nSPS) is 12.4. The summed E-state index contributed by atoms with van der Waals surface area (Å²) in [7, 11) is 0. The SMILES string of the molecule is CC(c1ccccn1)c1ncc(Cl)c(=S)[nH]1. The Kier molecular flexibility index (Phi) is 3.31. The number of pyridine rings is 1. The van der Waals surface area contributed by atoms with E-state index in [-0.39, 0.29) is 5.92 Å². The van der Waals surface area contributed by atoms with Crippen LogP contribution in [0.2, 0.25) is 5.02 Å². The fourth-order valence-corrected chi connectivity index (χ4v) is 1.64. The van der Waals surface area contributed by atoms with E-state index in [1.165, 1.54) is 0 Å². The van der Waals surface area contributed by atoms with E-state index in [4.69, 9.17) is 23.8 Å². The van der Waals surface area contributed by atoms with Crippen LogP contribution in [0.5, 0.6) is 0 Å². The second kappa shape index (κ2) is 4.72. The van der Waals surface area contributed by atoms with Gasteiger partial charge in [-0.2, -0.15) is 0 Å². The van der Waals surface area contributed by atoms with E-state index in [2.05, 4.69) is 15.0 Å². The van der Waals surface area contributed by atoms with Crippen molar-refractivity contribution in [2.45, 2.75) is 12.8 Å². The summed E-state index contributed by atoms with van der Waals surface area (Å²) in [4.78, 5) is 11.5. The molecule has 0 saturated carbocycles. The van der Waals surface area contributed by atoms with Crippen LogP contribution in [-0.4, -0.2) is 15.0 Å². The largest absolute Gasteiger partial charge is 0.333 e. The molecule has 0 aliphatic carbocycles. The van der Waals surface area contributed by atoms with Crippen molar-refractivity contribution in [2.24, 2.45) is 0 Å². The lowest BCUT2D eigenvalue weighted by Crippen LogP contribution is -2.04. The fraction of sp³-hybridized carbons (Fsp3) is 0.182. The summed E-state index contributed by atoms with van der Waals surface area (Å²) < 4.78 is 0.509. The smallest absolute Gasteiger partial charge is 0.125 e. The molecule has 2 rings (SSSR count). The van der Waals surface area contributed by atoms with Gasteiger partial charge in [0.05, 0.1) is 22.8 Å². The van der Waals surface area contributed by atoms with Crippen LogP contribution in [0.15, 0.2) is 30.6 Å². The molecule has 2 aromatic heterocycles. The van der Waals surface area contributed by atoms with Crippen molar-refractivity contribution in [3.63, 3.8) is 0 Å². The van der Waals surface area contributed by atoms with Crippen LogP contribution in [0.3, 0.4) is 0 Å². The maximum absolute atomic E-state index is 5.82. The molecular weight excluding hydrogens is 242 g/mol. The third-order valence-electron chi connectivity index (χ3n) is 2.32. The van der Waals surface area contributed by atoms with Gasteiger partial charge in [-0.1, -0.05) is 29.9 Å². The summed E-state index contributed by atoms with van der Waals surface area (Å²) in [5.74, 6) is 0.841. The van der Waals surface area contributed by atoms with Crippen molar-refractivity contribution in [2.75, 3.05) is 0 Å². The van der Waals surface area contributed by atoms with Crippen LogP contribution in [-0.2, 0) is 0 Å². The third-order valence-corrected chi connectivity index (χ3v) is 3.04. The van der Waals surface area contributed by atoms with E-state index >= 15 is 0 Å². The number of hydrogen-bond donors (Lipinski definition) is 1. The first-order valence-electron chi connectivity index (χ1n) is 4.84. The van der Waals surface area contributed by atoms with Crippen LogP contribution < -0.4 is 0 Å². The highest BCUT2D eigenvalue weighted by Gasteiger charge is 2.11. The van der Waals surface area contributed by atoms with Gasteiger partial charge >= 0.3 is 0 Å². The summed E-state index contributed by atoms with van der Waals surface area (Å²) in [5, 5.41) is 0.465. The molecule has 0 radical (unpaired) electrons. The highest BCUT2D eigenvalue weighted by molar-refractivity contribution is 7.71. The quantitative estimate of drug-likeness (QED) is 0.833. The summed E-state index contributed by atoms with van der Waals surface area (Å²) >= 11 is 10.9. The van der Waals surface area contributed by atoms with Crippen LogP contribution in [0.4, 0.5) is 0 Å². The molecule has 0 aliphatic rings. The zero-order chi connectivity index (χ0) is 11.5. The van der Waals surface area contributed by atoms with Gasteiger partial charge in [-0.05, 0) is 19.1 Å². The summed E-state index contributed by atoms with van der Waals surface area (Å²) in [6, 6.07) is 5.79. The minimum Gasteiger partial charge on any atom is -0.333 e. The van der Waals surface area contributed by atoms with Gasteiger partial charge in [-0.25, -0.2) is 4.98 Å². The highest BCUT2D eigenvalue weighted by Crippen LogP contribution is 2.19. The zero-order valence-corrected chi connectivity index (χ0v) is 10.2. The highest BCUT2D eigenvalue weighted by atomic mass is 35.5. The van der Waals surface area contributed by atoms with Crippen LogP contribution in [0, 0.1) is 4.64 Å². The van der Waals surface area contributed by atoms with E-state index in [0.717, 1.165) is 11.5 Å². The Bertz CT molecular complexity index is 538. The van der Waals surface area contributed by atoms with Gasteiger partial charge in [0.15, 0.2) is 0 Å². The molecular formula is C11H10ClN3S. The van der Waals surface area contributed by atoms with Crippen molar-refractivity contribution in [3.8, 4) is 0 Å². The van der Waals surface area contributed by atoms with Gasteiger partial charge in [0, 0.05) is 6.20 Å². The first kappa shape index (κ1) is 11.2. The van der Waals surface area contributed by atoms with Gasteiger partial charge < -0.3 is 4.98 Å². The van der Waals surface area contributed by atoms with E-state index in [1.54, 1.807) is 12.4 Å². The monoisotopic (exact) mass is 251 g/mol. The second-order valence-corrected chi connectivity index (χ2v) is 4.24. The van der Waals surface area contributed by atoms with Crippen molar-refractivity contribution in [1.82, 2.24) is 15.0 Å². The molecule has 0 bridgehead atoms. The lowest BCUT2D eigenvalue weighted by molar-refractivity contribution is 0.783. The van der Waals surface area contributed by atoms with Gasteiger partial charge in [-0.15, -0.1) is 0 Å². The van der Waals surface area contributed by atoms with E-state index in [9.17, 15) is 0 Å². The standard InChI is InChI=1S/C11H10ClN3S/c1-7(9-4-2-3-5-13-9)10-14-6-8(12)11(16)15-10/h2-7H,1H3,(H,14,15,16). The minimum absolute atomic E-state index is 0.0696. The van der Waals surface area contributed by atoms with Crippen LogP contribution in [0.25, 0.3) is 0 Å². The van der Waals surface area contributed by atoms with E-state index < -0.39 is 0 Å². The van der Waals surface area contributed by atoms with Gasteiger partial charge in [0.1, 0.15) is 10.5 Å². The third kappa shape index (κ3) is 2.28. The molecule has 82 valence electrons. The predicted octanol–water partition coefficient (Wildman–Crippen LogP) is 3.34. The molecule has 16 heavy (non-hydrogen) atoms. The Labute approximate surface area is 104 Å². The molecule has 0 aromatic carbocycles. The summed E-state index contributed by atoms with van der Waals surface area (Å²) in [6.07, 6.45) is 3.32. The molecule has 0 amide bonds. The average molecular weight is 252 g/mol. The lowest BCUT2D eigenvalue weighted by Gasteiger charge is -2.09. The average Bonchev–Trinajstić information content (AvgIpc) is 2.33. The molecule has 0 saturated heterocycles. The number of nitrogens with zero attached hydrogens (tertiary/aromatic N) is 2. The number of aromatic amines is 1. The number of halogens is 1. The van der Waals surface area contributed by atoms with Gasteiger partial charge in [0.25, 0.3) is 0 Å². The minimum atomic E-state index is 0.0696. The predicted molar refractivity (Wildman–Crippen MR) is 66.2 cm³/mol. The first-order valence-corrected chi connectivity index (χ1v) is 5.62. The molecule has 0 spiro atoms. The van der Waals surface area contributed by atoms with Gasteiger partial charge in [-0.3, -0.25) is 4.98 Å². The number of nitrogens with one attached hydrogen (secondary N) is 1. The van der Waals surface area contributed by atoms with Crippen molar-refractivity contribution < 1.29 is 0 Å². The van der Waals surface area contributed by atoms with Gasteiger partial charge in [0.2, 0.25) is 0 Å². The number of hydrogen-bond acceptors (Lipinski definition) is 3. The molecule has 1 N–H and O–H groups in total. The molecule has 1 atom stereocenters. The van der Waals surface area contributed by atoms with Crippen LogP contribution >= 0.6 is 23.8 Å². The molecule has 0 fully saturated rings. The maximum Gasteiger partial charge on any atom is 0.125 e. The molecule has 2 heterocycles. The molecule has 3 nitrogen and oxygen atoms in total. The Hall–Kier alpha value is -1.26. The first-order chi connectivity index (χ1) is 7.68. The Morgan fingerprint density at radius 2 is 2.19 bits per heavy atom. The number of aromatic nitrogens is 3. The topological polar surface area (TPSA) is 41.6 Å². The number of rotatable bonds is 2. The summed E-state index contributed by atoms with van der Waals surface area (Å²) in [6.45, 7) is 2.02. The maximum atomic E-state index is 5.82. The second-order valence-electron chi connectivity index (χ2n) is 3.42. The Balaban J connectivity index is 2.38. The molecule has 1 unspecified atom stereocenters. The fourth-order valence-electron chi connectivity index (χ4n) is 1.39. The van der Waals surface area contributed by atoms with Crippen LogP contribution in [0.1, 0.15) is 24.4 Å². The molecule has 0 aliphatic heterocycles. The number of H-pyrrole nitrogens is 1. The van der Waals surface area contributed by atoms with Crippen molar-refractivity contribution in [3.05, 3.63) is 51.8 Å². The molecule has 5 heteroatoms. The lowest BCUT2D eigenvalue weighted by atomic mass is 10.1. The summed E-state index contributed by atoms with van der Waals surface area (Å²) in [5.41, 5.74) is 0.947. The van der Waals surface area contributed by atoms with E-state index in [1.807, 2.05) is 25.1 Å². The Morgan fingerprint density at radius 3 is 2.81 bits per heavy atom.